The molecule has 2 aromatic heterocycles. The maximum absolute atomic E-state index is 6.52. The lowest BCUT2D eigenvalue weighted by atomic mass is 9.95. The highest BCUT2D eigenvalue weighted by molar-refractivity contribution is 6.01. The second kappa shape index (κ2) is 9.54. The second-order valence-electron chi connectivity index (χ2n) is 11.3. The highest BCUT2D eigenvalue weighted by atomic mass is 16.5. The van der Waals surface area contributed by atoms with Crippen molar-refractivity contribution in [1.82, 2.24) is 19.4 Å². The van der Waals surface area contributed by atoms with Crippen LogP contribution in [0.25, 0.3) is 32.9 Å². The van der Waals surface area contributed by atoms with Crippen LogP contribution in [0.5, 0.6) is 6.01 Å². The standard InChI is InChI=1S/C31H37N5O2/c1-22-24(25-8-3-7-23-11-17-34(2)28(23)25)9-10-26-27(22)32-30(33-29(26)35-14-6-19-37-20-18-35)38-21-31-12-4-15-36(31)16-5-13-31/h3,7-11,17H,4-6,12-16,18-21H2,1-2H3. The number of aromatic nitrogens is 3. The van der Waals surface area contributed by atoms with Gasteiger partial charge in [0.25, 0.3) is 0 Å². The molecule has 0 unspecified atom stereocenters. The Bertz CT molecular complexity index is 1480. The van der Waals surface area contributed by atoms with E-state index in [9.17, 15) is 0 Å². The second-order valence-corrected chi connectivity index (χ2v) is 11.3. The summed E-state index contributed by atoms with van der Waals surface area (Å²) >= 11 is 0. The van der Waals surface area contributed by atoms with E-state index in [1.807, 2.05) is 0 Å². The van der Waals surface area contributed by atoms with Gasteiger partial charge < -0.3 is 18.9 Å². The first-order chi connectivity index (χ1) is 18.6. The monoisotopic (exact) mass is 511 g/mol. The fourth-order valence-corrected chi connectivity index (χ4v) is 7.08. The van der Waals surface area contributed by atoms with Crippen LogP contribution in [0.4, 0.5) is 5.82 Å². The zero-order valence-corrected chi connectivity index (χ0v) is 22.6. The molecule has 0 amide bonds. The van der Waals surface area contributed by atoms with Gasteiger partial charge in [0, 0.05) is 49.3 Å². The van der Waals surface area contributed by atoms with Crippen LogP contribution < -0.4 is 9.64 Å². The predicted octanol–water partition coefficient (Wildman–Crippen LogP) is 5.33. The van der Waals surface area contributed by atoms with Gasteiger partial charge in [-0.3, -0.25) is 4.90 Å². The molecule has 0 spiro atoms. The number of nitrogens with zero attached hydrogens (tertiary/aromatic N) is 5. The molecule has 5 heterocycles. The van der Waals surface area contributed by atoms with E-state index in [1.165, 1.54) is 60.8 Å². The molecule has 3 saturated heterocycles. The predicted molar refractivity (Wildman–Crippen MR) is 152 cm³/mol. The summed E-state index contributed by atoms with van der Waals surface area (Å²) in [6.07, 6.45) is 8.06. The minimum atomic E-state index is 0.161. The highest BCUT2D eigenvalue weighted by Gasteiger charge is 2.45. The third kappa shape index (κ3) is 3.95. The Kier molecular flexibility index (Phi) is 6.01. The molecule has 3 fully saturated rings. The van der Waals surface area contributed by atoms with Crippen LogP contribution >= 0.6 is 0 Å². The SMILES string of the molecule is Cc1c(-c2cccc3ccn(C)c23)ccc2c(N3CCCOCC3)nc(OCC34CCCN3CCC4)nc12. The van der Waals surface area contributed by atoms with Crippen molar-refractivity contribution in [3.63, 3.8) is 0 Å². The van der Waals surface area contributed by atoms with E-state index in [4.69, 9.17) is 19.4 Å². The molecule has 0 radical (unpaired) electrons. The molecule has 0 aliphatic carbocycles. The summed E-state index contributed by atoms with van der Waals surface area (Å²) in [6.45, 7) is 8.50. The molecule has 3 aliphatic heterocycles. The molecule has 0 N–H and O–H groups in total. The van der Waals surface area contributed by atoms with E-state index < -0.39 is 0 Å². The summed E-state index contributed by atoms with van der Waals surface area (Å²) in [5.41, 5.74) is 5.98. The summed E-state index contributed by atoms with van der Waals surface area (Å²) in [5, 5.41) is 2.33. The maximum Gasteiger partial charge on any atom is 0.319 e. The average Bonchev–Trinajstić information content (AvgIpc) is 3.55. The van der Waals surface area contributed by atoms with Crippen molar-refractivity contribution >= 4 is 27.6 Å². The van der Waals surface area contributed by atoms with Crippen LogP contribution in [0.3, 0.4) is 0 Å². The Balaban J connectivity index is 1.34. The molecule has 2 aromatic carbocycles. The molecule has 38 heavy (non-hydrogen) atoms. The normalized spacial score (nSPS) is 19.8. The third-order valence-electron chi connectivity index (χ3n) is 9.07. The fourth-order valence-electron chi connectivity index (χ4n) is 7.08. The molecule has 7 nitrogen and oxygen atoms in total. The lowest BCUT2D eigenvalue weighted by Gasteiger charge is -2.31. The van der Waals surface area contributed by atoms with Gasteiger partial charge in [-0.25, -0.2) is 0 Å². The third-order valence-corrected chi connectivity index (χ3v) is 9.07. The number of fused-ring (bicyclic) bond motifs is 3. The van der Waals surface area contributed by atoms with Crippen molar-refractivity contribution < 1.29 is 9.47 Å². The first kappa shape index (κ1) is 23.9. The van der Waals surface area contributed by atoms with E-state index in [0.717, 1.165) is 48.4 Å². The Morgan fingerprint density at radius 3 is 2.66 bits per heavy atom. The molecule has 0 saturated carbocycles. The van der Waals surface area contributed by atoms with Gasteiger partial charge in [-0.15, -0.1) is 0 Å². The quantitative estimate of drug-likeness (QED) is 0.361. The summed E-state index contributed by atoms with van der Waals surface area (Å²) < 4.78 is 14.5. The van der Waals surface area contributed by atoms with Crippen LogP contribution in [0.1, 0.15) is 37.7 Å². The van der Waals surface area contributed by atoms with E-state index in [2.05, 4.69) is 70.9 Å². The molecule has 7 heteroatoms. The summed E-state index contributed by atoms with van der Waals surface area (Å²) in [6, 6.07) is 13.7. The molecule has 3 aliphatic rings. The number of anilines is 1. The zero-order valence-electron chi connectivity index (χ0n) is 22.6. The number of benzene rings is 2. The summed E-state index contributed by atoms with van der Waals surface area (Å²) in [7, 11) is 2.12. The molecular formula is C31H37N5O2. The van der Waals surface area contributed by atoms with Crippen LogP contribution in [-0.4, -0.2) is 71.0 Å². The van der Waals surface area contributed by atoms with Crippen molar-refractivity contribution in [2.45, 2.75) is 44.6 Å². The number of rotatable bonds is 5. The van der Waals surface area contributed by atoms with Gasteiger partial charge in [0.2, 0.25) is 0 Å². The van der Waals surface area contributed by atoms with Crippen molar-refractivity contribution in [2.24, 2.45) is 7.05 Å². The van der Waals surface area contributed by atoms with E-state index in [0.29, 0.717) is 19.2 Å². The van der Waals surface area contributed by atoms with Gasteiger partial charge in [-0.05, 0) is 75.4 Å². The smallest absolute Gasteiger partial charge is 0.319 e. The lowest BCUT2D eigenvalue weighted by Crippen LogP contribution is -2.43. The van der Waals surface area contributed by atoms with Crippen molar-refractivity contribution in [3.05, 3.63) is 48.2 Å². The van der Waals surface area contributed by atoms with Gasteiger partial charge in [-0.1, -0.05) is 24.3 Å². The van der Waals surface area contributed by atoms with E-state index in [-0.39, 0.29) is 5.54 Å². The van der Waals surface area contributed by atoms with Gasteiger partial charge in [0.15, 0.2) is 0 Å². The maximum atomic E-state index is 6.52. The zero-order chi connectivity index (χ0) is 25.7. The van der Waals surface area contributed by atoms with Crippen molar-refractivity contribution in [1.29, 1.82) is 0 Å². The molecule has 7 rings (SSSR count). The topological polar surface area (TPSA) is 55.6 Å². The number of ether oxygens (including phenoxy) is 2. The first-order valence-corrected chi connectivity index (χ1v) is 14.2. The summed E-state index contributed by atoms with van der Waals surface area (Å²) in [5.74, 6) is 0.967. The van der Waals surface area contributed by atoms with Crippen molar-refractivity contribution in [3.8, 4) is 17.1 Å². The lowest BCUT2D eigenvalue weighted by molar-refractivity contribution is 0.108. The van der Waals surface area contributed by atoms with Gasteiger partial charge in [-0.2, -0.15) is 9.97 Å². The van der Waals surface area contributed by atoms with Crippen LogP contribution in [0.15, 0.2) is 42.6 Å². The minimum Gasteiger partial charge on any atom is -0.461 e. The minimum absolute atomic E-state index is 0.161. The summed E-state index contributed by atoms with van der Waals surface area (Å²) in [4.78, 5) is 15.1. The number of hydrogen-bond donors (Lipinski definition) is 0. The van der Waals surface area contributed by atoms with Gasteiger partial charge in [0.05, 0.1) is 23.2 Å². The van der Waals surface area contributed by atoms with Gasteiger partial charge in [0.1, 0.15) is 12.4 Å². The molecular weight excluding hydrogens is 474 g/mol. The first-order valence-electron chi connectivity index (χ1n) is 14.2. The number of para-hydroxylation sites is 1. The van der Waals surface area contributed by atoms with Crippen molar-refractivity contribution in [2.75, 3.05) is 50.9 Å². The Morgan fingerprint density at radius 2 is 1.79 bits per heavy atom. The average molecular weight is 512 g/mol. The highest BCUT2D eigenvalue weighted by Crippen LogP contribution is 2.40. The van der Waals surface area contributed by atoms with Crippen LogP contribution in [-0.2, 0) is 11.8 Å². The largest absolute Gasteiger partial charge is 0.461 e. The number of aryl methyl sites for hydroxylation is 2. The van der Waals surface area contributed by atoms with E-state index in [1.54, 1.807) is 0 Å². The Labute approximate surface area is 224 Å². The van der Waals surface area contributed by atoms with Crippen LogP contribution in [0.2, 0.25) is 0 Å². The van der Waals surface area contributed by atoms with Gasteiger partial charge >= 0.3 is 6.01 Å². The number of hydrogen-bond acceptors (Lipinski definition) is 6. The molecule has 0 atom stereocenters. The Morgan fingerprint density at radius 1 is 0.921 bits per heavy atom. The molecule has 4 aromatic rings. The Hall–Kier alpha value is -3.16. The van der Waals surface area contributed by atoms with E-state index >= 15 is 0 Å². The molecule has 198 valence electrons. The van der Waals surface area contributed by atoms with Crippen LogP contribution in [0, 0.1) is 6.92 Å². The molecule has 0 bridgehead atoms. The fraction of sp³-hybridized carbons (Fsp3) is 0.484.